The number of halogens is 2. The van der Waals surface area contributed by atoms with E-state index in [1.807, 2.05) is 0 Å². The average molecular weight is 237 g/mol. The highest BCUT2D eigenvalue weighted by atomic mass is 35.5. The molecule has 6 heteroatoms. The van der Waals surface area contributed by atoms with Gasteiger partial charge < -0.3 is 0 Å². The predicted molar refractivity (Wildman–Crippen MR) is 55.6 cm³/mol. The Morgan fingerprint density at radius 2 is 2.31 bits per heavy atom. The molecule has 0 bridgehead atoms. The molecule has 2 aromatic rings. The van der Waals surface area contributed by atoms with Gasteiger partial charge in [0.15, 0.2) is 5.82 Å². The molecule has 1 aromatic carbocycles. The maximum atomic E-state index is 13.1. The summed E-state index contributed by atoms with van der Waals surface area (Å²) in [5.41, 5.74) is 0.588. The highest BCUT2D eigenvalue weighted by Gasteiger charge is 2.08. The van der Waals surface area contributed by atoms with E-state index in [2.05, 4.69) is 10.2 Å². The molecular formula is C10H6ClFN4. The topological polar surface area (TPSA) is 54.5 Å². The van der Waals surface area contributed by atoms with Gasteiger partial charge in [0.2, 0.25) is 0 Å². The van der Waals surface area contributed by atoms with Crippen molar-refractivity contribution in [2.24, 2.45) is 0 Å². The van der Waals surface area contributed by atoms with Crippen molar-refractivity contribution in [1.29, 1.82) is 5.26 Å². The lowest BCUT2D eigenvalue weighted by molar-refractivity contribution is 0.623. The summed E-state index contributed by atoms with van der Waals surface area (Å²) < 4.78 is 14.7. The molecule has 0 atom stereocenters. The molecule has 2 rings (SSSR count). The highest BCUT2D eigenvalue weighted by molar-refractivity contribution is 6.16. The van der Waals surface area contributed by atoms with E-state index in [0.29, 0.717) is 11.5 Å². The van der Waals surface area contributed by atoms with Crippen LogP contribution < -0.4 is 0 Å². The van der Waals surface area contributed by atoms with E-state index >= 15 is 0 Å². The number of benzene rings is 1. The van der Waals surface area contributed by atoms with Crippen LogP contribution >= 0.6 is 11.6 Å². The molecule has 0 aliphatic rings. The summed E-state index contributed by atoms with van der Waals surface area (Å²) in [4.78, 5) is 0. The molecule has 1 heterocycles. The lowest BCUT2D eigenvalue weighted by Gasteiger charge is -2.04. The third-order valence-electron chi connectivity index (χ3n) is 2.09. The molecule has 0 fully saturated rings. The van der Waals surface area contributed by atoms with Crippen molar-refractivity contribution < 1.29 is 4.39 Å². The van der Waals surface area contributed by atoms with Crippen molar-refractivity contribution in [3.05, 3.63) is 41.7 Å². The normalized spacial score (nSPS) is 10.1. The van der Waals surface area contributed by atoms with Gasteiger partial charge in [0, 0.05) is 5.69 Å². The van der Waals surface area contributed by atoms with Gasteiger partial charge in [-0.05, 0) is 18.2 Å². The minimum absolute atomic E-state index is 0.0216. The monoisotopic (exact) mass is 236 g/mol. The van der Waals surface area contributed by atoms with Crippen molar-refractivity contribution in [3.63, 3.8) is 0 Å². The van der Waals surface area contributed by atoms with Crippen molar-refractivity contribution >= 4 is 11.6 Å². The van der Waals surface area contributed by atoms with E-state index < -0.39 is 5.82 Å². The highest BCUT2D eigenvalue weighted by Crippen LogP contribution is 2.15. The zero-order valence-electron chi connectivity index (χ0n) is 8.06. The first-order valence-electron chi connectivity index (χ1n) is 4.41. The Hall–Kier alpha value is -1.93. The van der Waals surface area contributed by atoms with Crippen LogP contribution in [-0.4, -0.2) is 14.8 Å². The van der Waals surface area contributed by atoms with Gasteiger partial charge in [-0.3, -0.25) is 4.57 Å². The van der Waals surface area contributed by atoms with Gasteiger partial charge >= 0.3 is 0 Å². The van der Waals surface area contributed by atoms with Gasteiger partial charge in [0.1, 0.15) is 18.2 Å². The average Bonchev–Trinajstić information content (AvgIpc) is 2.78. The number of hydrogen-bond donors (Lipinski definition) is 0. The number of alkyl halides is 1. The summed E-state index contributed by atoms with van der Waals surface area (Å²) in [6, 6.07) is 5.96. The maximum absolute atomic E-state index is 13.1. The standard InChI is InChI=1S/C10H6ClFN4/c11-4-10-15-14-6-16(10)8-1-2-9(12)7(3-8)5-13/h1-3,6H,4H2. The molecular weight excluding hydrogens is 231 g/mol. The Balaban J connectivity index is 2.53. The molecule has 0 aliphatic carbocycles. The zero-order valence-corrected chi connectivity index (χ0v) is 8.82. The number of rotatable bonds is 2. The van der Waals surface area contributed by atoms with E-state index in [4.69, 9.17) is 16.9 Å². The summed E-state index contributed by atoms with van der Waals surface area (Å²) in [5.74, 6) is 0.183. The van der Waals surface area contributed by atoms with Crippen molar-refractivity contribution in [1.82, 2.24) is 14.8 Å². The molecule has 0 amide bonds. The molecule has 0 N–H and O–H groups in total. The van der Waals surface area contributed by atoms with Crippen molar-refractivity contribution in [2.45, 2.75) is 5.88 Å². The Morgan fingerprint density at radius 1 is 1.50 bits per heavy atom. The van der Waals surface area contributed by atoms with E-state index in [1.165, 1.54) is 24.5 Å². The zero-order chi connectivity index (χ0) is 11.5. The first kappa shape index (κ1) is 10.6. The van der Waals surface area contributed by atoms with E-state index in [-0.39, 0.29) is 11.4 Å². The van der Waals surface area contributed by atoms with Crippen LogP contribution in [0.5, 0.6) is 0 Å². The molecule has 1 aromatic heterocycles. The fourth-order valence-electron chi connectivity index (χ4n) is 1.31. The van der Waals surface area contributed by atoms with Crippen LogP contribution in [0.1, 0.15) is 11.4 Å². The first-order valence-corrected chi connectivity index (χ1v) is 4.94. The predicted octanol–water partition coefficient (Wildman–Crippen LogP) is 2.02. The van der Waals surface area contributed by atoms with Gasteiger partial charge in [0.05, 0.1) is 11.4 Å². The van der Waals surface area contributed by atoms with Gasteiger partial charge in [-0.25, -0.2) is 4.39 Å². The largest absolute Gasteiger partial charge is 0.285 e. The van der Waals surface area contributed by atoms with Crippen LogP contribution in [0.15, 0.2) is 24.5 Å². The van der Waals surface area contributed by atoms with Crippen LogP contribution in [-0.2, 0) is 5.88 Å². The third kappa shape index (κ3) is 1.75. The Kier molecular flexibility index (Phi) is 2.84. The van der Waals surface area contributed by atoms with Crippen molar-refractivity contribution in [3.8, 4) is 11.8 Å². The molecule has 4 nitrogen and oxygen atoms in total. The Morgan fingerprint density at radius 3 is 3.00 bits per heavy atom. The van der Waals surface area contributed by atoms with E-state index in [1.54, 1.807) is 10.6 Å². The third-order valence-corrected chi connectivity index (χ3v) is 2.33. The minimum atomic E-state index is -0.549. The second kappa shape index (κ2) is 4.29. The van der Waals surface area contributed by atoms with Crippen molar-refractivity contribution in [2.75, 3.05) is 0 Å². The molecule has 0 saturated carbocycles. The second-order valence-corrected chi connectivity index (χ2v) is 3.29. The molecule has 80 valence electrons. The second-order valence-electron chi connectivity index (χ2n) is 3.03. The first-order chi connectivity index (χ1) is 7.76. The lowest BCUT2D eigenvalue weighted by Crippen LogP contribution is -1.99. The Labute approximate surface area is 95.9 Å². The van der Waals surface area contributed by atoms with E-state index in [0.717, 1.165) is 0 Å². The SMILES string of the molecule is N#Cc1cc(-n2cnnc2CCl)ccc1F. The van der Waals surface area contributed by atoms with Crippen LogP contribution in [0.2, 0.25) is 0 Å². The maximum Gasteiger partial charge on any atom is 0.152 e. The Bertz CT molecular complexity index is 558. The van der Waals surface area contributed by atoms with Crippen LogP contribution in [0.25, 0.3) is 5.69 Å². The number of nitrogens with zero attached hydrogens (tertiary/aromatic N) is 4. The molecule has 0 unspecified atom stereocenters. The molecule has 16 heavy (non-hydrogen) atoms. The van der Waals surface area contributed by atoms with Gasteiger partial charge in [0.25, 0.3) is 0 Å². The summed E-state index contributed by atoms with van der Waals surface area (Å²) in [6.07, 6.45) is 1.46. The smallest absolute Gasteiger partial charge is 0.152 e. The summed E-state index contributed by atoms with van der Waals surface area (Å²) in [5, 5.41) is 16.2. The van der Waals surface area contributed by atoms with Gasteiger partial charge in [-0.2, -0.15) is 5.26 Å². The van der Waals surface area contributed by atoms with Crippen LogP contribution in [0, 0.1) is 17.1 Å². The van der Waals surface area contributed by atoms with Gasteiger partial charge in [-0.15, -0.1) is 21.8 Å². The molecule has 0 saturated heterocycles. The summed E-state index contributed by atoms with van der Waals surface area (Å²) >= 11 is 5.67. The quantitative estimate of drug-likeness (QED) is 0.750. The fraction of sp³-hybridized carbons (Fsp3) is 0.100. The molecule has 0 aliphatic heterocycles. The van der Waals surface area contributed by atoms with Crippen LogP contribution in [0.4, 0.5) is 4.39 Å². The van der Waals surface area contributed by atoms with E-state index in [9.17, 15) is 4.39 Å². The summed E-state index contributed by atoms with van der Waals surface area (Å²) in [6.45, 7) is 0. The number of aromatic nitrogens is 3. The molecule has 0 spiro atoms. The fourth-order valence-corrected chi connectivity index (χ4v) is 1.50. The minimum Gasteiger partial charge on any atom is -0.285 e. The summed E-state index contributed by atoms with van der Waals surface area (Å²) in [7, 11) is 0. The number of nitriles is 1. The lowest BCUT2D eigenvalue weighted by atomic mass is 10.2. The van der Waals surface area contributed by atoms with Crippen LogP contribution in [0.3, 0.4) is 0 Å². The number of hydrogen-bond acceptors (Lipinski definition) is 3. The van der Waals surface area contributed by atoms with Gasteiger partial charge in [-0.1, -0.05) is 0 Å². The molecule has 0 radical (unpaired) electrons.